The molecule has 6 nitrogen and oxygen atoms in total. The second-order valence-electron chi connectivity index (χ2n) is 6.73. The number of carbonyl (C=O) groups excluding carboxylic acids is 1. The van der Waals surface area contributed by atoms with Gasteiger partial charge < -0.3 is 0 Å². The standard InChI is InChI=1S/C24H16FN3O3/c25-20-12-9-17(10-13-20)23(29)14-11-19-16-27(21-6-2-1-3-7-21)26-24(19)18-5-4-8-22(15-18)28(30)31/h1-16H/b14-11-. The summed E-state index contributed by atoms with van der Waals surface area (Å²) in [7, 11) is 0. The molecule has 0 atom stereocenters. The zero-order valence-corrected chi connectivity index (χ0v) is 16.2. The van der Waals surface area contributed by atoms with Crippen LogP contribution in [0.5, 0.6) is 0 Å². The molecule has 0 aliphatic carbocycles. The van der Waals surface area contributed by atoms with Crippen LogP contribution >= 0.6 is 0 Å². The molecule has 1 heterocycles. The van der Waals surface area contributed by atoms with Crippen LogP contribution in [-0.2, 0) is 0 Å². The fraction of sp³-hybridized carbons (Fsp3) is 0. The fourth-order valence-corrected chi connectivity index (χ4v) is 3.09. The van der Waals surface area contributed by atoms with E-state index < -0.39 is 10.7 Å². The Bertz CT molecular complexity index is 1280. The molecule has 0 unspecified atom stereocenters. The van der Waals surface area contributed by atoms with Gasteiger partial charge >= 0.3 is 0 Å². The van der Waals surface area contributed by atoms with E-state index in [0.717, 1.165) is 5.69 Å². The minimum Gasteiger partial charge on any atom is -0.289 e. The van der Waals surface area contributed by atoms with E-state index in [-0.39, 0.29) is 11.5 Å². The average Bonchev–Trinajstić information content (AvgIpc) is 3.23. The Labute approximate surface area is 177 Å². The van der Waals surface area contributed by atoms with Crippen molar-refractivity contribution in [1.29, 1.82) is 0 Å². The number of para-hydroxylation sites is 1. The molecule has 0 bridgehead atoms. The Morgan fingerprint density at radius 3 is 2.45 bits per heavy atom. The van der Waals surface area contributed by atoms with Gasteiger partial charge in [-0.25, -0.2) is 9.07 Å². The van der Waals surface area contributed by atoms with Crippen LogP contribution in [0.15, 0.2) is 91.1 Å². The number of halogens is 1. The number of aromatic nitrogens is 2. The van der Waals surface area contributed by atoms with Crippen LogP contribution in [0.2, 0.25) is 0 Å². The Hall–Kier alpha value is -4.39. The smallest absolute Gasteiger partial charge is 0.270 e. The SMILES string of the molecule is O=C(/C=C\c1cn(-c2ccccc2)nc1-c1cccc([N+](=O)[O-])c1)c1ccc(F)cc1. The van der Waals surface area contributed by atoms with Crippen molar-refractivity contribution >= 4 is 17.5 Å². The predicted molar refractivity (Wildman–Crippen MR) is 115 cm³/mol. The molecule has 0 aliphatic rings. The number of ketones is 1. The zero-order chi connectivity index (χ0) is 21.8. The number of non-ortho nitro benzene ring substituents is 1. The molecule has 0 aliphatic heterocycles. The molecular weight excluding hydrogens is 397 g/mol. The van der Waals surface area contributed by atoms with Crippen molar-refractivity contribution in [2.75, 3.05) is 0 Å². The van der Waals surface area contributed by atoms with Gasteiger partial charge in [0.15, 0.2) is 5.78 Å². The number of nitro groups is 1. The topological polar surface area (TPSA) is 78.0 Å². The van der Waals surface area contributed by atoms with E-state index in [9.17, 15) is 19.3 Å². The van der Waals surface area contributed by atoms with Crippen molar-refractivity contribution in [1.82, 2.24) is 9.78 Å². The average molecular weight is 413 g/mol. The summed E-state index contributed by atoms with van der Waals surface area (Å²) >= 11 is 0. The number of allylic oxidation sites excluding steroid dienone is 1. The number of rotatable bonds is 6. The molecule has 0 spiro atoms. The summed E-state index contributed by atoms with van der Waals surface area (Å²) < 4.78 is 14.8. The highest BCUT2D eigenvalue weighted by atomic mass is 19.1. The Balaban J connectivity index is 1.76. The number of nitro benzene ring substituents is 1. The highest BCUT2D eigenvalue weighted by molar-refractivity contribution is 6.07. The minimum absolute atomic E-state index is 0.0518. The number of hydrogen-bond acceptors (Lipinski definition) is 4. The molecule has 7 heteroatoms. The highest BCUT2D eigenvalue weighted by Crippen LogP contribution is 2.28. The second-order valence-corrected chi connectivity index (χ2v) is 6.73. The lowest BCUT2D eigenvalue weighted by Gasteiger charge is -2.01. The van der Waals surface area contributed by atoms with Crippen LogP contribution in [0.25, 0.3) is 23.0 Å². The quantitative estimate of drug-likeness (QED) is 0.181. The lowest BCUT2D eigenvalue weighted by atomic mass is 10.1. The van der Waals surface area contributed by atoms with Gasteiger partial charge in [0, 0.05) is 35.0 Å². The molecule has 0 fully saturated rings. The van der Waals surface area contributed by atoms with Crippen LogP contribution in [0, 0.1) is 15.9 Å². The van der Waals surface area contributed by atoms with Crippen LogP contribution in [-0.4, -0.2) is 20.5 Å². The minimum atomic E-state index is -0.467. The van der Waals surface area contributed by atoms with Gasteiger partial charge in [-0.1, -0.05) is 30.3 Å². The van der Waals surface area contributed by atoms with Crippen LogP contribution in [0.3, 0.4) is 0 Å². The van der Waals surface area contributed by atoms with Crippen LogP contribution in [0.1, 0.15) is 15.9 Å². The van der Waals surface area contributed by atoms with Crippen LogP contribution < -0.4 is 0 Å². The van der Waals surface area contributed by atoms with Gasteiger partial charge in [0.1, 0.15) is 11.5 Å². The van der Waals surface area contributed by atoms with Gasteiger partial charge in [0.2, 0.25) is 0 Å². The first-order valence-corrected chi connectivity index (χ1v) is 9.39. The lowest BCUT2D eigenvalue weighted by molar-refractivity contribution is -0.384. The molecular formula is C24H16FN3O3. The molecule has 0 saturated carbocycles. The maximum absolute atomic E-state index is 13.1. The van der Waals surface area contributed by atoms with Gasteiger partial charge in [-0.2, -0.15) is 5.10 Å². The van der Waals surface area contributed by atoms with E-state index in [1.165, 1.54) is 42.5 Å². The maximum Gasteiger partial charge on any atom is 0.270 e. The molecule has 4 rings (SSSR count). The van der Waals surface area contributed by atoms with E-state index in [2.05, 4.69) is 5.10 Å². The maximum atomic E-state index is 13.1. The molecule has 1 aromatic heterocycles. The van der Waals surface area contributed by atoms with Crippen molar-refractivity contribution in [3.63, 3.8) is 0 Å². The van der Waals surface area contributed by atoms with E-state index in [1.807, 2.05) is 30.3 Å². The number of benzene rings is 3. The van der Waals surface area contributed by atoms with E-state index in [4.69, 9.17) is 0 Å². The third-order valence-electron chi connectivity index (χ3n) is 4.64. The lowest BCUT2D eigenvalue weighted by Crippen LogP contribution is -1.94. The van der Waals surface area contributed by atoms with Crippen molar-refractivity contribution in [3.05, 3.63) is 118 Å². The molecule has 31 heavy (non-hydrogen) atoms. The first-order valence-electron chi connectivity index (χ1n) is 9.39. The summed E-state index contributed by atoms with van der Waals surface area (Å²) in [5.41, 5.74) is 2.76. The largest absolute Gasteiger partial charge is 0.289 e. The summed E-state index contributed by atoms with van der Waals surface area (Å²) in [5.74, 6) is -0.713. The first-order chi connectivity index (χ1) is 15.0. The Morgan fingerprint density at radius 1 is 1.00 bits per heavy atom. The van der Waals surface area contributed by atoms with Crippen molar-refractivity contribution < 1.29 is 14.1 Å². The molecule has 152 valence electrons. The van der Waals surface area contributed by atoms with Gasteiger partial charge in [-0.05, 0) is 48.6 Å². The summed E-state index contributed by atoms with van der Waals surface area (Å²) in [6.07, 6.45) is 4.73. The molecule has 4 aromatic rings. The second kappa shape index (κ2) is 8.54. The van der Waals surface area contributed by atoms with Gasteiger partial charge in [-0.3, -0.25) is 14.9 Å². The molecule has 0 N–H and O–H groups in total. The van der Waals surface area contributed by atoms with Crippen LogP contribution in [0.4, 0.5) is 10.1 Å². The molecule has 0 amide bonds. The van der Waals surface area contributed by atoms with Gasteiger partial charge in [0.05, 0.1) is 10.6 Å². The van der Waals surface area contributed by atoms with Gasteiger partial charge in [0.25, 0.3) is 5.69 Å². The van der Waals surface area contributed by atoms with Gasteiger partial charge in [-0.15, -0.1) is 0 Å². The molecule has 0 saturated heterocycles. The van der Waals surface area contributed by atoms with Crippen molar-refractivity contribution in [2.45, 2.75) is 0 Å². The van der Waals surface area contributed by atoms with E-state index in [0.29, 0.717) is 22.4 Å². The highest BCUT2D eigenvalue weighted by Gasteiger charge is 2.14. The normalized spacial score (nSPS) is 11.0. The number of hydrogen-bond donors (Lipinski definition) is 0. The van der Waals surface area contributed by atoms with Crippen molar-refractivity contribution in [3.8, 4) is 16.9 Å². The van der Waals surface area contributed by atoms with E-state index >= 15 is 0 Å². The number of nitrogens with zero attached hydrogens (tertiary/aromatic N) is 3. The third kappa shape index (κ3) is 4.45. The summed E-state index contributed by atoms with van der Waals surface area (Å²) in [5, 5.41) is 15.8. The Morgan fingerprint density at radius 2 is 1.74 bits per heavy atom. The summed E-state index contributed by atoms with van der Waals surface area (Å²) in [6.45, 7) is 0. The molecule has 0 radical (unpaired) electrons. The number of carbonyl (C=O) groups is 1. The molecule has 3 aromatic carbocycles. The van der Waals surface area contributed by atoms with Crippen molar-refractivity contribution in [2.24, 2.45) is 0 Å². The summed E-state index contributed by atoms with van der Waals surface area (Å²) in [6, 6.07) is 20.8. The Kier molecular flexibility index (Phi) is 5.49. The third-order valence-corrected chi connectivity index (χ3v) is 4.64. The summed E-state index contributed by atoms with van der Waals surface area (Å²) in [4.78, 5) is 23.2. The zero-order valence-electron chi connectivity index (χ0n) is 16.2. The first kappa shape index (κ1) is 19.9. The monoisotopic (exact) mass is 413 g/mol. The van der Waals surface area contributed by atoms with E-state index in [1.54, 1.807) is 29.1 Å². The fourth-order valence-electron chi connectivity index (χ4n) is 3.09. The predicted octanol–water partition coefficient (Wildman–Crippen LogP) is 5.48.